The first-order valence-electron chi connectivity index (χ1n) is 15.4. The Morgan fingerprint density at radius 3 is 2.55 bits per heavy atom. The molecule has 10 heteroatoms. The summed E-state index contributed by atoms with van der Waals surface area (Å²) >= 11 is 0. The molecule has 3 aliphatic heterocycles. The van der Waals surface area contributed by atoms with Crippen molar-refractivity contribution in [1.29, 1.82) is 0 Å². The van der Waals surface area contributed by atoms with Crippen molar-refractivity contribution in [2.75, 3.05) is 27.0 Å². The number of carbonyl (C=O) groups is 2. The van der Waals surface area contributed by atoms with E-state index in [9.17, 15) is 19.8 Å². The van der Waals surface area contributed by atoms with E-state index >= 15 is 0 Å². The maximum atomic E-state index is 14.1. The number of ether oxygens (including phenoxy) is 5. The number of rotatable bonds is 10. The van der Waals surface area contributed by atoms with Gasteiger partial charge in [-0.3, -0.25) is 9.69 Å². The van der Waals surface area contributed by atoms with Gasteiger partial charge in [0.1, 0.15) is 11.5 Å². The van der Waals surface area contributed by atoms with E-state index < -0.39 is 41.2 Å². The van der Waals surface area contributed by atoms with Crippen molar-refractivity contribution in [3.63, 3.8) is 0 Å². The summed E-state index contributed by atoms with van der Waals surface area (Å²) in [5.41, 5.74) is -1.56. The maximum absolute atomic E-state index is 14.1. The minimum atomic E-state index is -2.19. The number of para-hydroxylation sites is 1. The molecule has 0 radical (unpaired) electrons. The maximum Gasteiger partial charge on any atom is 0.339 e. The zero-order valence-corrected chi connectivity index (χ0v) is 25.5. The molecule has 0 saturated carbocycles. The third kappa shape index (κ3) is 5.78. The molecule has 0 bridgehead atoms. The third-order valence-electron chi connectivity index (χ3n) is 9.37. The van der Waals surface area contributed by atoms with Crippen LogP contribution in [0.2, 0.25) is 0 Å². The van der Waals surface area contributed by atoms with Crippen LogP contribution in [0.3, 0.4) is 0 Å². The molecule has 0 aromatic heterocycles. The van der Waals surface area contributed by atoms with Crippen molar-refractivity contribution in [2.45, 2.75) is 87.6 Å². The number of benzene rings is 2. The number of esters is 2. The molecule has 2 N–H and O–H groups in total. The van der Waals surface area contributed by atoms with Gasteiger partial charge in [0.2, 0.25) is 6.79 Å². The van der Waals surface area contributed by atoms with Crippen LogP contribution in [0.5, 0.6) is 17.2 Å². The Balaban J connectivity index is 1.32. The molecule has 236 valence electrons. The van der Waals surface area contributed by atoms with Gasteiger partial charge < -0.3 is 33.9 Å². The molecule has 4 aliphatic rings. The van der Waals surface area contributed by atoms with Crippen molar-refractivity contribution in [1.82, 2.24) is 4.90 Å². The van der Waals surface area contributed by atoms with Crippen molar-refractivity contribution < 1.29 is 43.5 Å². The number of fused-ring (bicyclic) bond motifs is 3. The van der Waals surface area contributed by atoms with Gasteiger partial charge in [0.25, 0.3) is 0 Å². The van der Waals surface area contributed by atoms with E-state index in [-0.39, 0.29) is 25.6 Å². The molecule has 4 atom stereocenters. The molecular formula is C34H41NO9. The third-order valence-corrected chi connectivity index (χ3v) is 9.37. The summed E-state index contributed by atoms with van der Waals surface area (Å²) in [6.45, 7) is 5.19. The van der Waals surface area contributed by atoms with Crippen LogP contribution in [0, 0.1) is 0 Å². The molecule has 6 rings (SSSR count). The smallest absolute Gasteiger partial charge is 0.339 e. The lowest BCUT2D eigenvalue weighted by Gasteiger charge is -2.39. The Bertz CT molecular complexity index is 1430. The van der Waals surface area contributed by atoms with Crippen molar-refractivity contribution >= 4 is 11.9 Å². The molecule has 1 saturated heterocycles. The topological polar surface area (TPSA) is 124 Å². The standard InChI is InChI=1S/C34H41NO9/c1-32(2,38)12-7-14-34(39,20-28(36)43-23-9-5-4-6-10-23)31(37)44-30-27(40-3)19-33-13-8-15-35(33)16-11-22-17-25-26(42-21-41-25)18-24(22)29(30)33/h4-6,9-10,17-19,29-30,38-39H,7-8,11-16,20-21H2,1-3H3/t29-,30?,33-,34-/m1/s1. The van der Waals surface area contributed by atoms with Gasteiger partial charge in [-0.05, 0) is 100 Å². The van der Waals surface area contributed by atoms with E-state index in [1.54, 1.807) is 51.3 Å². The highest BCUT2D eigenvalue weighted by atomic mass is 16.7. The summed E-state index contributed by atoms with van der Waals surface area (Å²) in [6.07, 6.45) is 3.74. The normalized spacial score (nSPS) is 25.2. The quantitative estimate of drug-likeness (QED) is 0.302. The lowest BCUT2D eigenvalue weighted by Crippen LogP contribution is -2.49. The van der Waals surface area contributed by atoms with Gasteiger partial charge in [0.15, 0.2) is 23.2 Å². The summed E-state index contributed by atoms with van der Waals surface area (Å²) in [7, 11) is 1.56. The number of methoxy groups -OCH3 is 1. The van der Waals surface area contributed by atoms with Crippen LogP contribution in [0.1, 0.15) is 69.4 Å². The monoisotopic (exact) mass is 607 g/mol. The van der Waals surface area contributed by atoms with Crippen LogP contribution >= 0.6 is 0 Å². The Labute approximate surface area is 257 Å². The van der Waals surface area contributed by atoms with Gasteiger partial charge in [0, 0.05) is 6.54 Å². The highest BCUT2D eigenvalue weighted by molar-refractivity contribution is 5.86. The van der Waals surface area contributed by atoms with Gasteiger partial charge in [-0.1, -0.05) is 18.2 Å². The summed E-state index contributed by atoms with van der Waals surface area (Å²) < 4.78 is 29.0. The average molecular weight is 608 g/mol. The lowest BCUT2D eigenvalue weighted by molar-refractivity contribution is -0.177. The van der Waals surface area contributed by atoms with Crippen LogP contribution in [-0.2, 0) is 25.5 Å². The SMILES string of the molecule is COC1=C[C@@]23CCCN2CCc2cc4c(cc2[C@@H]3C1OC(=O)[C@@](O)(CCCC(C)(C)O)CC(=O)Oc1ccccc1)OCO4. The molecule has 3 heterocycles. The molecule has 10 nitrogen and oxygen atoms in total. The van der Waals surface area contributed by atoms with E-state index in [2.05, 4.69) is 11.0 Å². The fraction of sp³-hybridized carbons (Fsp3) is 0.529. The van der Waals surface area contributed by atoms with Gasteiger partial charge in [-0.25, -0.2) is 4.79 Å². The molecule has 1 spiro atoms. The molecule has 44 heavy (non-hydrogen) atoms. The predicted molar refractivity (Wildman–Crippen MR) is 159 cm³/mol. The summed E-state index contributed by atoms with van der Waals surface area (Å²) in [5, 5.41) is 22.1. The van der Waals surface area contributed by atoms with Crippen LogP contribution in [0.15, 0.2) is 54.3 Å². The fourth-order valence-electron chi connectivity index (χ4n) is 7.29. The Morgan fingerprint density at radius 1 is 1.07 bits per heavy atom. The van der Waals surface area contributed by atoms with Gasteiger partial charge in [-0.2, -0.15) is 0 Å². The Hall–Kier alpha value is -3.60. The summed E-state index contributed by atoms with van der Waals surface area (Å²) in [6, 6.07) is 12.5. The zero-order valence-electron chi connectivity index (χ0n) is 25.5. The first kappa shape index (κ1) is 30.4. The van der Waals surface area contributed by atoms with Crippen LogP contribution < -0.4 is 14.2 Å². The van der Waals surface area contributed by atoms with E-state index in [1.807, 2.05) is 12.1 Å². The molecular weight excluding hydrogens is 566 g/mol. The molecule has 1 unspecified atom stereocenters. The predicted octanol–water partition coefficient (Wildman–Crippen LogP) is 4.01. The number of hydrogen-bond donors (Lipinski definition) is 2. The molecule has 1 aliphatic carbocycles. The minimum Gasteiger partial charge on any atom is -0.497 e. The molecule has 2 aromatic carbocycles. The van der Waals surface area contributed by atoms with Crippen LogP contribution in [0.25, 0.3) is 0 Å². The van der Waals surface area contributed by atoms with E-state index in [1.165, 1.54) is 0 Å². The van der Waals surface area contributed by atoms with Crippen LogP contribution in [-0.4, -0.2) is 76.9 Å². The van der Waals surface area contributed by atoms with E-state index in [4.69, 9.17) is 23.7 Å². The van der Waals surface area contributed by atoms with E-state index in [0.717, 1.165) is 43.5 Å². The second kappa shape index (κ2) is 11.7. The largest absolute Gasteiger partial charge is 0.497 e. The lowest BCUT2D eigenvalue weighted by atomic mass is 9.77. The number of carbonyl (C=O) groups excluding carboxylic acids is 2. The van der Waals surface area contributed by atoms with Crippen molar-refractivity contribution in [3.8, 4) is 17.2 Å². The second-order valence-corrected chi connectivity index (χ2v) is 13.0. The summed E-state index contributed by atoms with van der Waals surface area (Å²) in [5.74, 6) is 0.136. The van der Waals surface area contributed by atoms with Gasteiger partial charge >= 0.3 is 11.9 Å². The highest BCUT2D eigenvalue weighted by Gasteiger charge is 2.59. The highest BCUT2D eigenvalue weighted by Crippen LogP contribution is 2.55. The van der Waals surface area contributed by atoms with Crippen molar-refractivity contribution in [3.05, 3.63) is 65.4 Å². The molecule has 2 aromatic rings. The number of nitrogens with zero attached hydrogens (tertiary/aromatic N) is 1. The number of hydrogen-bond acceptors (Lipinski definition) is 10. The number of aliphatic hydroxyl groups is 2. The Morgan fingerprint density at radius 2 is 1.82 bits per heavy atom. The molecule has 0 amide bonds. The summed E-state index contributed by atoms with van der Waals surface area (Å²) in [4.78, 5) is 29.6. The minimum absolute atomic E-state index is 0.102. The van der Waals surface area contributed by atoms with Gasteiger partial charge in [0.05, 0.1) is 30.6 Å². The first-order valence-corrected chi connectivity index (χ1v) is 15.4. The van der Waals surface area contributed by atoms with Crippen molar-refractivity contribution in [2.24, 2.45) is 0 Å². The zero-order chi connectivity index (χ0) is 31.1. The fourth-order valence-corrected chi connectivity index (χ4v) is 7.29. The first-order chi connectivity index (χ1) is 21.0. The van der Waals surface area contributed by atoms with Gasteiger partial charge in [-0.15, -0.1) is 0 Å². The second-order valence-electron chi connectivity index (χ2n) is 13.0. The van der Waals surface area contributed by atoms with Crippen LogP contribution in [0.4, 0.5) is 0 Å². The molecule has 1 fully saturated rings. The van der Waals surface area contributed by atoms with E-state index in [0.29, 0.717) is 29.4 Å². The average Bonchev–Trinajstić information content (AvgIpc) is 3.66. The Kier molecular flexibility index (Phi) is 8.11.